The molecular formula is C13H11N3O2. The Morgan fingerprint density at radius 3 is 3.00 bits per heavy atom. The number of furan rings is 1. The quantitative estimate of drug-likeness (QED) is 0.714. The molecule has 18 heavy (non-hydrogen) atoms. The van der Waals surface area contributed by atoms with Crippen LogP contribution in [-0.4, -0.2) is 9.97 Å². The summed E-state index contributed by atoms with van der Waals surface area (Å²) in [6.07, 6.45) is 1.59. The van der Waals surface area contributed by atoms with Crippen LogP contribution < -0.4 is 11.3 Å². The molecule has 2 heterocycles. The summed E-state index contributed by atoms with van der Waals surface area (Å²) in [6, 6.07) is 8.98. The highest BCUT2D eigenvalue weighted by molar-refractivity contribution is 5.91. The SMILES string of the molecule is NCc1cc(=O)[nH]c(-c2coc3ccccc23)n1. The van der Waals surface area contributed by atoms with Crippen LogP contribution >= 0.6 is 0 Å². The van der Waals surface area contributed by atoms with Crippen LogP contribution in [0.5, 0.6) is 0 Å². The van der Waals surface area contributed by atoms with Crippen LogP contribution in [0.3, 0.4) is 0 Å². The van der Waals surface area contributed by atoms with E-state index in [-0.39, 0.29) is 12.1 Å². The summed E-state index contributed by atoms with van der Waals surface area (Å²) in [5, 5.41) is 0.912. The van der Waals surface area contributed by atoms with E-state index in [2.05, 4.69) is 9.97 Å². The topological polar surface area (TPSA) is 84.9 Å². The molecule has 3 rings (SSSR count). The zero-order valence-electron chi connectivity index (χ0n) is 9.51. The molecule has 0 aliphatic carbocycles. The van der Waals surface area contributed by atoms with Crippen molar-refractivity contribution in [3.05, 3.63) is 52.6 Å². The Morgan fingerprint density at radius 1 is 1.33 bits per heavy atom. The van der Waals surface area contributed by atoms with Crippen LogP contribution in [0.2, 0.25) is 0 Å². The Labute approximate surface area is 102 Å². The number of hydrogen-bond acceptors (Lipinski definition) is 4. The summed E-state index contributed by atoms with van der Waals surface area (Å²) in [5.41, 5.74) is 7.37. The number of H-pyrrole nitrogens is 1. The molecule has 0 fully saturated rings. The van der Waals surface area contributed by atoms with Crippen molar-refractivity contribution in [3.63, 3.8) is 0 Å². The average Bonchev–Trinajstić information content (AvgIpc) is 2.81. The minimum Gasteiger partial charge on any atom is -0.464 e. The number of hydrogen-bond donors (Lipinski definition) is 2. The fourth-order valence-corrected chi connectivity index (χ4v) is 1.90. The van der Waals surface area contributed by atoms with E-state index in [9.17, 15) is 4.79 Å². The van der Waals surface area contributed by atoms with Gasteiger partial charge in [0.2, 0.25) is 0 Å². The molecule has 0 aliphatic heterocycles. The lowest BCUT2D eigenvalue weighted by Gasteiger charge is -2.00. The number of nitrogens with one attached hydrogen (secondary N) is 1. The molecule has 5 nitrogen and oxygen atoms in total. The maximum atomic E-state index is 11.5. The van der Waals surface area contributed by atoms with Gasteiger partial charge in [0, 0.05) is 18.0 Å². The Bertz CT molecular complexity index is 758. The maximum Gasteiger partial charge on any atom is 0.251 e. The molecule has 0 aliphatic rings. The molecule has 0 bridgehead atoms. The highest BCUT2D eigenvalue weighted by Gasteiger charge is 2.10. The summed E-state index contributed by atoms with van der Waals surface area (Å²) in [5.74, 6) is 0.480. The van der Waals surface area contributed by atoms with Gasteiger partial charge in [-0.15, -0.1) is 0 Å². The van der Waals surface area contributed by atoms with Crippen LogP contribution in [-0.2, 0) is 6.54 Å². The monoisotopic (exact) mass is 241 g/mol. The van der Waals surface area contributed by atoms with Crippen LogP contribution in [0.4, 0.5) is 0 Å². The van der Waals surface area contributed by atoms with E-state index >= 15 is 0 Å². The van der Waals surface area contributed by atoms with E-state index < -0.39 is 0 Å². The third-order valence-corrected chi connectivity index (χ3v) is 2.74. The number of benzene rings is 1. The summed E-state index contributed by atoms with van der Waals surface area (Å²) >= 11 is 0. The molecule has 3 aromatic rings. The number of fused-ring (bicyclic) bond motifs is 1. The second kappa shape index (κ2) is 4.12. The van der Waals surface area contributed by atoms with Gasteiger partial charge in [-0.3, -0.25) is 4.79 Å². The summed E-state index contributed by atoms with van der Waals surface area (Å²) in [6.45, 7) is 0.229. The Morgan fingerprint density at radius 2 is 2.17 bits per heavy atom. The first-order valence-electron chi connectivity index (χ1n) is 5.55. The summed E-state index contributed by atoms with van der Waals surface area (Å²) in [7, 11) is 0. The minimum absolute atomic E-state index is 0.217. The second-order valence-corrected chi connectivity index (χ2v) is 3.93. The number of nitrogens with zero attached hydrogens (tertiary/aromatic N) is 1. The fraction of sp³-hybridized carbons (Fsp3) is 0.0769. The predicted octanol–water partition coefficient (Wildman–Crippen LogP) is 1.64. The van der Waals surface area contributed by atoms with E-state index in [0.717, 1.165) is 16.5 Å². The van der Waals surface area contributed by atoms with E-state index in [1.807, 2.05) is 24.3 Å². The first kappa shape index (κ1) is 10.7. The van der Waals surface area contributed by atoms with Crippen molar-refractivity contribution in [1.82, 2.24) is 9.97 Å². The van der Waals surface area contributed by atoms with Crippen molar-refractivity contribution < 1.29 is 4.42 Å². The second-order valence-electron chi connectivity index (χ2n) is 3.93. The van der Waals surface area contributed by atoms with Gasteiger partial charge in [0.25, 0.3) is 5.56 Å². The normalized spacial score (nSPS) is 10.9. The first-order chi connectivity index (χ1) is 8.78. The van der Waals surface area contributed by atoms with Gasteiger partial charge in [-0.25, -0.2) is 4.98 Å². The van der Waals surface area contributed by atoms with Gasteiger partial charge in [-0.1, -0.05) is 18.2 Å². The number of aromatic amines is 1. The molecule has 2 aromatic heterocycles. The smallest absolute Gasteiger partial charge is 0.251 e. The van der Waals surface area contributed by atoms with Crippen molar-refractivity contribution in [2.75, 3.05) is 0 Å². The maximum absolute atomic E-state index is 11.5. The third-order valence-electron chi connectivity index (χ3n) is 2.74. The molecule has 0 saturated heterocycles. The number of aromatic nitrogens is 2. The lowest BCUT2D eigenvalue weighted by atomic mass is 10.1. The van der Waals surface area contributed by atoms with Crippen molar-refractivity contribution >= 4 is 11.0 Å². The Balaban J connectivity index is 2.26. The molecule has 3 N–H and O–H groups in total. The third kappa shape index (κ3) is 1.70. The van der Waals surface area contributed by atoms with Crippen molar-refractivity contribution in [2.24, 2.45) is 5.73 Å². The molecule has 0 radical (unpaired) electrons. The fourth-order valence-electron chi connectivity index (χ4n) is 1.90. The molecule has 5 heteroatoms. The molecule has 0 atom stereocenters. The summed E-state index contributed by atoms with van der Waals surface area (Å²) in [4.78, 5) is 18.5. The zero-order chi connectivity index (χ0) is 12.5. The van der Waals surface area contributed by atoms with Crippen molar-refractivity contribution in [1.29, 1.82) is 0 Å². The van der Waals surface area contributed by atoms with Gasteiger partial charge in [0.1, 0.15) is 17.7 Å². The largest absolute Gasteiger partial charge is 0.464 e. The van der Waals surface area contributed by atoms with Gasteiger partial charge in [-0.05, 0) is 6.07 Å². The molecule has 1 aromatic carbocycles. The predicted molar refractivity (Wildman–Crippen MR) is 68.0 cm³/mol. The lowest BCUT2D eigenvalue weighted by Crippen LogP contribution is -2.12. The zero-order valence-corrected chi connectivity index (χ0v) is 9.51. The molecule has 90 valence electrons. The molecule has 0 spiro atoms. The highest BCUT2D eigenvalue weighted by Crippen LogP contribution is 2.27. The van der Waals surface area contributed by atoms with E-state index in [1.54, 1.807) is 6.26 Å². The van der Waals surface area contributed by atoms with E-state index in [4.69, 9.17) is 10.2 Å². The molecular weight excluding hydrogens is 230 g/mol. The number of para-hydroxylation sites is 1. The molecule has 0 saturated carbocycles. The highest BCUT2D eigenvalue weighted by atomic mass is 16.3. The summed E-state index contributed by atoms with van der Waals surface area (Å²) < 4.78 is 5.42. The lowest BCUT2D eigenvalue weighted by molar-refractivity contribution is 0.616. The van der Waals surface area contributed by atoms with Gasteiger partial charge in [0.05, 0.1) is 11.3 Å². The van der Waals surface area contributed by atoms with Crippen LogP contribution in [0.15, 0.2) is 45.8 Å². The molecule has 0 amide bonds. The average molecular weight is 241 g/mol. The molecule has 0 unspecified atom stereocenters. The van der Waals surface area contributed by atoms with Crippen LogP contribution in [0.25, 0.3) is 22.4 Å². The van der Waals surface area contributed by atoms with Gasteiger partial charge >= 0.3 is 0 Å². The first-order valence-corrected chi connectivity index (χ1v) is 5.55. The van der Waals surface area contributed by atoms with Crippen molar-refractivity contribution in [3.8, 4) is 11.4 Å². The van der Waals surface area contributed by atoms with Gasteiger partial charge < -0.3 is 15.1 Å². The van der Waals surface area contributed by atoms with Crippen molar-refractivity contribution in [2.45, 2.75) is 6.54 Å². The van der Waals surface area contributed by atoms with Crippen LogP contribution in [0, 0.1) is 0 Å². The Hall–Kier alpha value is -2.40. The minimum atomic E-state index is -0.217. The standard InChI is InChI=1S/C13H11N3O2/c14-6-8-5-12(17)16-13(15-8)10-7-18-11-4-2-1-3-9(10)11/h1-5,7H,6,14H2,(H,15,16,17). The van der Waals surface area contributed by atoms with Gasteiger partial charge in [-0.2, -0.15) is 0 Å². The van der Waals surface area contributed by atoms with E-state index in [1.165, 1.54) is 6.07 Å². The Kier molecular flexibility index (Phi) is 2.46. The number of rotatable bonds is 2. The van der Waals surface area contributed by atoms with Gasteiger partial charge in [0.15, 0.2) is 0 Å². The van der Waals surface area contributed by atoms with Crippen LogP contribution in [0.1, 0.15) is 5.69 Å². The van der Waals surface area contributed by atoms with E-state index in [0.29, 0.717) is 11.5 Å². The number of nitrogens with two attached hydrogens (primary N) is 1.